The number of carbonyl (C=O) groups excluding carboxylic acids is 2. The number of rotatable bonds is 4. The van der Waals surface area contributed by atoms with E-state index < -0.39 is 0 Å². The van der Waals surface area contributed by atoms with Crippen molar-refractivity contribution in [3.05, 3.63) is 42.7 Å². The molecule has 2 aliphatic rings. The maximum absolute atomic E-state index is 13.0. The molecule has 3 heterocycles. The molecule has 28 heavy (non-hydrogen) atoms. The molecule has 8 heteroatoms. The minimum absolute atomic E-state index is 0.0411. The summed E-state index contributed by atoms with van der Waals surface area (Å²) in [5.41, 5.74) is 0.719. The molecule has 2 fully saturated rings. The summed E-state index contributed by atoms with van der Waals surface area (Å²) in [6, 6.07) is 9.19. The summed E-state index contributed by atoms with van der Waals surface area (Å²) in [5.74, 6) is 1.00. The highest BCUT2D eigenvalue weighted by Crippen LogP contribution is 2.33. The Morgan fingerprint density at radius 3 is 2.50 bits per heavy atom. The standard InChI is InChI=1S/C20H23N5O3/c1-28-17-6-3-2-5-16(17)25-14-15(13-18(25)26)19(27)23-9-11-24(12-10-23)20-21-7-4-8-22-20/h2-8,15H,9-14H2,1H3. The van der Waals surface area contributed by atoms with Gasteiger partial charge >= 0.3 is 0 Å². The van der Waals surface area contributed by atoms with Crippen molar-refractivity contribution in [3.8, 4) is 5.75 Å². The van der Waals surface area contributed by atoms with Crippen LogP contribution in [0.25, 0.3) is 0 Å². The number of ether oxygens (including phenoxy) is 1. The smallest absolute Gasteiger partial charge is 0.228 e. The van der Waals surface area contributed by atoms with Crippen molar-refractivity contribution < 1.29 is 14.3 Å². The molecule has 146 valence electrons. The van der Waals surface area contributed by atoms with E-state index in [-0.39, 0.29) is 24.2 Å². The van der Waals surface area contributed by atoms with Crippen molar-refractivity contribution in [1.82, 2.24) is 14.9 Å². The first-order chi connectivity index (χ1) is 13.7. The molecule has 1 atom stereocenters. The molecule has 1 aromatic carbocycles. The monoisotopic (exact) mass is 381 g/mol. The van der Waals surface area contributed by atoms with E-state index in [0.717, 1.165) is 5.69 Å². The van der Waals surface area contributed by atoms with E-state index in [1.54, 1.807) is 30.5 Å². The molecule has 1 unspecified atom stereocenters. The van der Waals surface area contributed by atoms with Gasteiger partial charge in [0.25, 0.3) is 0 Å². The van der Waals surface area contributed by atoms with E-state index in [9.17, 15) is 9.59 Å². The average Bonchev–Trinajstić information content (AvgIpc) is 3.15. The Morgan fingerprint density at radius 2 is 1.79 bits per heavy atom. The number of aromatic nitrogens is 2. The van der Waals surface area contributed by atoms with Crippen molar-refractivity contribution in [2.75, 3.05) is 49.6 Å². The third kappa shape index (κ3) is 3.49. The Morgan fingerprint density at radius 1 is 1.07 bits per heavy atom. The topological polar surface area (TPSA) is 78.9 Å². The van der Waals surface area contributed by atoms with Gasteiger partial charge in [0.05, 0.1) is 18.7 Å². The van der Waals surface area contributed by atoms with Crippen LogP contribution in [0.5, 0.6) is 5.75 Å². The summed E-state index contributed by atoms with van der Waals surface area (Å²) < 4.78 is 5.37. The van der Waals surface area contributed by atoms with Crippen LogP contribution in [0.1, 0.15) is 6.42 Å². The molecular weight excluding hydrogens is 358 g/mol. The molecule has 0 aliphatic carbocycles. The summed E-state index contributed by atoms with van der Waals surface area (Å²) in [5, 5.41) is 0. The number of benzene rings is 1. The number of para-hydroxylation sites is 2. The predicted octanol–water partition coefficient (Wildman–Crippen LogP) is 1.19. The number of methoxy groups -OCH3 is 1. The lowest BCUT2D eigenvalue weighted by Crippen LogP contribution is -2.51. The van der Waals surface area contributed by atoms with Crippen LogP contribution in [-0.4, -0.2) is 66.5 Å². The number of anilines is 2. The first kappa shape index (κ1) is 18.2. The first-order valence-electron chi connectivity index (χ1n) is 9.41. The summed E-state index contributed by atoms with van der Waals surface area (Å²) in [6.07, 6.45) is 3.67. The molecule has 4 rings (SSSR count). The van der Waals surface area contributed by atoms with Crippen molar-refractivity contribution in [2.45, 2.75) is 6.42 Å². The number of hydrogen-bond donors (Lipinski definition) is 0. The highest BCUT2D eigenvalue weighted by atomic mass is 16.5. The van der Waals surface area contributed by atoms with Crippen LogP contribution in [0, 0.1) is 5.92 Å². The molecule has 2 aliphatic heterocycles. The number of nitrogens with zero attached hydrogens (tertiary/aromatic N) is 5. The number of carbonyl (C=O) groups is 2. The molecule has 2 amide bonds. The van der Waals surface area contributed by atoms with Gasteiger partial charge in [0.15, 0.2) is 0 Å². The molecule has 2 saturated heterocycles. The Bertz CT molecular complexity index is 852. The second-order valence-electron chi connectivity index (χ2n) is 6.94. The maximum atomic E-state index is 13.0. The van der Waals surface area contributed by atoms with E-state index >= 15 is 0 Å². The molecule has 0 bridgehead atoms. The third-order valence-electron chi connectivity index (χ3n) is 5.28. The van der Waals surface area contributed by atoms with Crippen LogP contribution in [0.3, 0.4) is 0 Å². The lowest BCUT2D eigenvalue weighted by atomic mass is 10.1. The van der Waals surface area contributed by atoms with Gasteiger partial charge in [-0.15, -0.1) is 0 Å². The lowest BCUT2D eigenvalue weighted by molar-refractivity contribution is -0.136. The zero-order valence-corrected chi connectivity index (χ0v) is 15.8. The Kier molecular flexibility index (Phi) is 5.10. The highest BCUT2D eigenvalue weighted by molar-refractivity contribution is 6.01. The average molecular weight is 381 g/mol. The second-order valence-corrected chi connectivity index (χ2v) is 6.94. The van der Waals surface area contributed by atoms with E-state index in [4.69, 9.17) is 4.74 Å². The van der Waals surface area contributed by atoms with E-state index in [1.807, 2.05) is 29.2 Å². The van der Waals surface area contributed by atoms with E-state index in [1.165, 1.54) is 0 Å². The SMILES string of the molecule is COc1ccccc1N1CC(C(=O)N2CCN(c3ncccn3)CC2)CC1=O. The van der Waals surface area contributed by atoms with Gasteiger partial charge in [-0.1, -0.05) is 12.1 Å². The molecule has 0 spiro atoms. The van der Waals surface area contributed by atoms with Crippen LogP contribution in [0.2, 0.25) is 0 Å². The summed E-state index contributed by atoms with van der Waals surface area (Å²) >= 11 is 0. The number of piperazine rings is 1. The van der Waals surface area contributed by atoms with Crippen LogP contribution < -0.4 is 14.5 Å². The molecule has 1 aromatic heterocycles. The van der Waals surface area contributed by atoms with Crippen molar-refractivity contribution in [3.63, 3.8) is 0 Å². The quantitative estimate of drug-likeness (QED) is 0.792. The minimum atomic E-state index is -0.322. The van der Waals surface area contributed by atoms with Gasteiger partial charge in [-0.2, -0.15) is 0 Å². The molecular formula is C20H23N5O3. The fourth-order valence-electron chi connectivity index (χ4n) is 3.80. The van der Waals surface area contributed by atoms with Crippen LogP contribution in [0.4, 0.5) is 11.6 Å². The largest absolute Gasteiger partial charge is 0.495 e. The Balaban J connectivity index is 1.39. The van der Waals surface area contributed by atoms with Crippen LogP contribution >= 0.6 is 0 Å². The first-order valence-corrected chi connectivity index (χ1v) is 9.41. The fourth-order valence-corrected chi connectivity index (χ4v) is 3.80. The Hall–Kier alpha value is -3.16. The maximum Gasteiger partial charge on any atom is 0.228 e. The van der Waals surface area contributed by atoms with Crippen LogP contribution in [0.15, 0.2) is 42.7 Å². The number of amides is 2. The minimum Gasteiger partial charge on any atom is -0.495 e. The summed E-state index contributed by atoms with van der Waals surface area (Å²) in [7, 11) is 1.58. The Labute approximate surface area is 163 Å². The second kappa shape index (κ2) is 7.84. The van der Waals surface area contributed by atoms with E-state index in [2.05, 4.69) is 14.9 Å². The van der Waals surface area contributed by atoms with Crippen LogP contribution in [-0.2, 0) is 9.59 Å². The van der Waals surface area contributed by atoms with Gasteiger partial charge in [-0.3, -0.25) is 9.59 Å². The van der Waals surface area contributed by atoms with E-state index in [0.29, 0.717) is 44.4 Å². The molecule has 0 saturated carbocycles. The normalized spacial score (nSPS) is 19.8. The van der Waals surface area contributed by atoms with Gasteiger partial charge < -0.3 is 19.4 Å². The molecule has 2 aromatic rings. The van der Waals surface area contributed by atoms with Crippen molar-refractivity contribution in [1.29, 1.82) is 0 Å². The fraction of sp³-hybridized carbons (Fsp3) is 0.400. The van der Waals surface area contributed by atoms with Gasteiger partial charge in [-0.25, -0.2) is 9.97 Å². The molecule has 0 N–H and O–H groups in total. The third-order valence-corrected chi connectivity index (χ3v) is 5.28. The van der Waals surface area contributed by atoms with Gasteiger partial charge in [0.1, 0.15) is 5.75 Å². The van der Waals surface area contributed by atoms with Gasteiger partial charge in [0, 0.05) is 51.5 Å². The van der Waals surface area contributed by atoms with Crippen molar-refractivity contribution in [2.24, 2.45) is 5.92 Å². The predicted molar refractivity (Wildman–Crippen MR) is 104 cm³/mol. The van der Waals surface area contributed by atoms with Gasteiger partial charge in [0.2, 0.25) is 17.8 Å². The lowest BCUT2D eigenvalue weighted by Gasteiger charge is -2.35. The van der Waals surface area contributed by atoms with Gasteiger partial charge in [-0.05, 0) is 18.2 Å². The summed E-state index contributed by atoms with van der Waals surface area (Å²) in [6.45, 7) is 2.98. The number of hydrogen-bond acceptors (Lipinski definition) is 6. The highest BCUT2D eigenvalue weighted by Gasteiger charge is 2.38. The van der Waals surface area contributed by atoms with Crippen molar-refractivity contribution >= 4 is 23.5 Å². The zero-order valence-electron chi connectivity index (χ0n) is 15.8. The molecule has 0 radical (unpaired) electrons. The molecule has 8 nitrogen and oxygen atoms in total. The summed E-state index contributed by atoms with van der Waals surface area (Å²) in [4.78, 5) is 39.7. The zero-order chi connectivity index (χ0) is 19.5.